The molecule has 1 aromatic heterocycles. The number of piperidine rings is 1. The third-order valence-electron chi connectivity index (χ3n) is 4.22. The van der Waals surface area contributed by atoms with E-state index in [9.17, 15) is 4.79 Å². The molecular formula is C17H22N4O3. The largest absolute Gasteiger partial charge is 0.493 e. The predicted octanol–water partition coefficient (Wildman–Crippen LogP) is 2.34. The zero-order chi connectivity index (χ0) is 16.8. The molecule has 24 heavy (non-hydrogen) atoms. The van der Waals surface area contributed by atoms with E-state index in [-0.39, 0.29) is 11.9 Å². The lowest BCUT2D eigenvalue weighted by Gasteiger charge is -2.34. The van der Waals surface area contributed by atoms with Crippen molar-refractivity contribution in [2.24, 2.45) is 0 Å². The van der Waals surface area contributed by atoms with Crippen LogP contribution in [0, 0.1) is 0 Å². The van der Waals surface area contributed by atoms with Gasteiger partial charge in [0.15, 0.2) is 11.5 Å². The van der Waals surface area contributed by atoms with E-state index < -0.39 is 0 Å². The van der Waals surface area contributed by atoms with Gasteiger partial charge in [-0.05, 0) is 31.4 Å². The number of carbonyl (C=O) groups excluding carboxylic acids is 1. The van der Waals surface area contributed by atoms with Crippen molar-refractivity contribution in [3.8, 4) is 11.5 Å². The third kappa shape index (κ3) is 3.67. The van der Waals surface area contributed by atoms with Gasteiger partial charge in [0.05, 0.1) is 26.2 Å². The van der Waals surface area contributed by atoms with Crippen molar-refractivity contribution in [3.05, 3.63) is 36.4 Å². The van der Waals surface area contributed by atoms with Crippen LogP contribution in [-0.4, -0.2) is 46.2 Å². The summed E-state index contributed by atoms with van der Waals surface area (Å²) in [5, 5.41) is 6.79. The fourth-order valence-electron chi connectivity index (χ4n) is 3.02. The summed E-state index contributed by atoms with van der Waals surface area (Å²) in [4.78, 5) is 18.7. The number of nitrogens with one attached hydrogen (secondary N) is 1. The second kappa shape index (κ2) is 7.81. The summed E-state index contributed by atoms with van der Waals surface area (Å²) in [7, 11) is 1.60. The van der Waals surface area contributed by atoms with Gasteiger partial charge >= 0.3 is 0 Å². The van der Waals surface area contributed by atoms with Gasteiger partial charge in [0.25, 0.3) is 0 Å². The Bertz CT molecular complexity index is 660. The molecule has 1 amide bonds. The van der Waals surface area contributed by atoms with Crippen LogP contribution in [0.3, 0.4) is 0 Å². The van der Waals surface area contributed by atoms with Crippen LogP contribution in [0.2, 0.25) is 0 Å². The summed E-state index contributed by atoms with van der Waals surface area (Å²) < 4.78 is 11.0. The van der Waals surface area contributed by atoms with Crippen LogP contribution in [0.25, 0.3) is 0 Å². The van der Waals surface area contributed by atoms with Crippen LogP contribution < -0.4 is 9.47 Å². The first-order valence-electron chi connectivity index (χ1n) is 8.20. The van der Waals surface area contributed by atoms with Gasteiger partial charge in [-0.25, -0.2) is 4.98 Å². The zero-order valence-electron chi connectivity index (χ0n) is 13.8. The monoisotopic (exact) mass is 330 g/mol. The summed E-state index contributed by atoms with van der Waals surface area (Å²) in [5.74, 6) is 2.15. The highest BCUT2D eigenvalue weighted by Crippen LogP contribution is 2.29. The number of carbonyl (C=O) groups is 1. The Balaban J connectivity index is 1.57. The molecule has 0 bridgehead atoms. The first-order chi connectivity index (χ1) is 11.8. The predicted molar refractivity (Wildman–Crippen MR) is 87.8 cm³/mol. The molecule has 1 N–H and O–H groups in total. The highest BCUT2D eigenvalue weighted by Gasteiger charge is 2.29. The Morgan fingerprint density at radius 1 is 1.33 bits per heavy atom. The smallest absolute Gasteiger partial charge is 0.226 e. The number of amides is 1. The summed E-state index contributed by atoms with van der Waals surface area (Å²) in [6, 6.07) is 7.42. The molecule has 3 rings (SSSR count). The number of hydrogen-bond donors (Lipinski definition) is 1. The van der Waals surface area contributed by atoms with Crippen molar-refractivity contribution in [2.45, 2.75) is 31.7 Å². The lowest BCUT2D eigenvalue weighted by atomic mass is 10.0. The highest BCUT2D eigenvalue weighted by atomic mass is 16.5. The number of aromatic nitrogens is 3. The molecular weight excluding hydrogens is 308 g/mol. The number of H-pyrrole nitrogens is 1. The molecule has 1 aliphatic heterocycles. The van der Waals surface area contributed by atoms with E-state index in [4.69, 9.17) is 9.47 Å². The van der Waals surface area contributed by atoms with Crippen LogP contribution >= 0.6 is 0 Å². The molecule has 2 aromatic rings. The van der Waals surface area contributed by atoms with Gasteiger partial charge in [-0.1, -0.05) is 12.1 Å². The first kappa shape index (κ1) is 16.3. The quantitative estimate of drug-likeness (QED) is 0.879. The number of para-hydroxylation sites is 2. The second-order valence-electron chi connectivity index (χ2n) is 5.72. The van der Waals surface area contributed by atoms with Crippen molar-refractivity contribution in [1.82, 2.24) is 20.1 Å². The molecule has 1 fully saturated rings. The number of rotatable bonds is 6. The standard InChI is InChI=1S/C17H22N4O3/c1-23-14-7-2-3-8-15(14)24-11-9-16(22)21-10-5-4-6-13(21)17-18-12-19-20-17/h2-3,7-8,12-13H,4-6,9-11H2,1H3,(H,18,19,20)/t13-/m0/s1. The Kier molecular flexibility index (Phi) is 5.30. The van der Waals surface area contributed by atoms with Crippen molar-refractivity contribution >= 4 is 5.91 Å². The molecule has 2 heterocycles. The number of ether oxygens (including phenoxy) is 2. The normalized spacial score (nSPS) is 17.5. The second-order valence-corrected chi connectivity index (χ2v) is 5.72. The molecule has 1 saturated heterocycles. The van der Waals surface area contributed by atoms with Crippen molar-refractivity contribution < 1.29 is 14.3 Å². The van der Waals surface area contributed by atoms with E-state index in [0.29, 0.717) is 24.5 Å². The third-order valence-corrected chi connectivity index (χ3v) is 4.22. The lowest BCUT2D eigenvalue weighted by molar-refractivity contribution is -0.135. The van der Waals surface area contributed by atoms with Gasteiger partial charge in [-0.15, -0.1) is 0 Å². The number of methoxy groups -OCH3 is 1. The minimum absolute atomic E-state index is 0.0139. The van der Waals surface area contributed by atoms with E-state index in [1.165, 1.54) is 6.33 Å². The number of aromatic amines is 1. The van der Waals surface area contributed by atoms with Crippen molar-refractivity contribution in [3.63, 3.8) is 0 Å². The average molecular weight is 330 g/mol. The summed E-state index contributed by atoms with van der Waals surface area (Å²) in [6.07, 6.45) is 4.82. The van der Waals surface area contributed by atoms with E-state index in [0.717, 1.165) is 31.6 Å². The highest BCUT2D eigenvalue weighted by molar-refractivity contribution is 5.76. The van der Waals surface area contributed by atoms with E-state index in [1.807, 2.05) is 29.2 Å². The maximum absolute atomic E-state index is 12.6. The lowest BCUT2D eigenvalue weighted by Crippen LogP contribution is -2.39. The molecule has 128 valence electrons. The van der Waals surface area contributed by atoms with Gasteiger partial charge in [-0.2, -0.15) is 5.10 Å². The van der Waals surface area contributed by atoms with Crippen LogP contribution in [-0.2, 0) is 4.79 Å². The Hall–Kier alpha value is -2.57. The first-order valence-corrected chi connectivity index (χ1v) is 8.20. The number of likely N-dealkylation sites (tertiary alicyclic amines) is 1. The van der Waals surface area contributed by atoms with Crippen molar-refractivity contribution in [2.75, 3.05) is 20.3 Å². The molecule has 0 unspecified atom stereocenters. The van der Waals surface area contributed by atoms with E-state index in [1.54, 1.807) is 7.11 Å². The number of nitrogens with zero attached hydrogens (tertiary/aromatic N) is 3. The minimum Gasteiger partial charge on any atom is -0.493 e. The van der Waals surface area contributed by atoms with Crippen molar-refractivity contribution in [1.29, 1.82) is 0 Å². The summed E-state index contributed by atoms with van der Waals surface area (Å²) in [6.45, 7) is 1.07. The molecule has 0 saturated carbocycles. The van der Waals surface area contributed by atoms with Gasteiger partial charge in [0, 0.05) is 6.54 Å². The van der Waals surface area contributed by atoms with E-state index in [2.05, 4.69) is 15.2 Å². The molecule has 7 heteroatoms. The molecule has 1 atom stereocenters. The fraction of sp³-hybridized carbons (Fsp3) is 0.471. The Morgan fingerprint density at radius 2 is 2.17 bits per heavy atom. The Labute approximate surface area is 141 Å². The SMILES string of the molecule is COc1ccccc1OCCC(=O)N1CCCC[C@H]1c1ncn[nH]1. The van der Waals surface area contributed by atoms with Crippen LogP contribution in [0.4, 0.5) is 0 Å². The summed E-state index contributed by atoms with van der Waals surface area (Å²) in [5.41, 5.74) is 0. The van der Waals surface area contributed by atoms with Gasteiger partial charge in [0.1, 0.15) is 12.2 Å². The van der Waals surface area contributed by atoms with E-state index >= 15 is 0 Å². The van der Waals surface area contributed by atoms with Gasteiger partial charge in [-0.3, -0.25) is 9.89 Å². The maximum Gasteiger partial charge on any atom is 0.226 e. The molecule has 7 nitrogen and oxygen atoms in total. The zero-order valence-corrected chi connectivity index (χ0v) is 13.8. The molecule has 0 aliphatic carbocycles. The van der Waals surface area contributed by atoms with Gasteiger partial charge < -0.3 is 14.4 Å². The molecule has 1 aromatic carbocycles. The average Bonchev–Trinajstić information content (AvgIpc) is 3.16. The topological polar surface area (TPSA) is 80.3 Å². The van der Waals surface area contributed by atoms with Crippen LogP contribution in [0.5, 0.6) is 11.5 Å². The maximum atomic E-state index is 12.6. The Morgan fingerprint density at radius 3 is 2.92 bits per heavy atom. The number of hydrogen-bond acceptors (Lipinski definition) is 5. The van der Waals surface area contributed by atoms with Crippen LogP contribution in [0.15, 0.2) is 30.6 Å². The summed E-state index contributed by atoms with van der Waals surface area (Å²) >= 11 is 0. The van der Waals surface area contributed by atoms with Gasteiger partial charge in [0.2, 0.25) is 5.91 Å². The molecule has 0 spiro atoms. The fourth-order valence-corrected chi connectivity index (χ4v) is 3.02. The van der Waals surface area contributed by atoms with Crippen LogP contribution in [0.1, 0.15) is 37.5 Å². The number of benzene rings is 1. The minimum atomic E-state index is -0.0139. The molecule has 1 aliphatic rings. The molecule has 0 radical (unpaired) electrons.